The molecule has 2 N–H and O–H groups in total. The third kappa shape index (κ3) is 4.47. The Hall–Kier alpha value is -1.71. The number of benzene rings is 1. The minimum absolute atomic E-state index is 0.0596. The van der Waals surface area contributed by atoms with Crippen LogP contribution in [0.15, 0.2) is 12.1 Å². The number of nitrogens with zero attached hydrogens (tertiary/aromatic N) is 1. The topological polar surface area (TPSA) is 127 Å². The molecule has 1 aromatic carbocycles. The first-order valence-corrected chi connectivity index (χ1v) is 6.82. The van der Waals surface area contributed by atoms with Crippen molar-refractivity contribution in [3.63, 3.8) is 0 Å². The van der Waals surface area contributed by atoms with E-state index < -0.39 is 26.5 Å². The summed E-state index contributed by atoms with van der Waals surface area (Å²) < 4.78 is 35.4. The molecule has 0 radical (unpaired) electrons. The van der Waals surface area contributed by atoms with Crippen LogP contribution in [0.4, 0.5) is 5.69 Å². The summed E-state index contributed by atoms with van der Waals surface area (Å²) in [5.41, 5.74) is 0.124. The van der Waals surface area contributed by atoms with Crippen molar-refractivity contribution >= 4 is 15.8 Å². The van der Waals surface area contributed by atoms with E-state index in [2.05, 4.69) is 0 Å². The first-order chi connectivity index (χ1) is 8.74. The number of rotatable bonds is 6. The van der Waals surface area contributed by atoms with Crippen LogP contribution in [0.1, 0.15) is 11.1 Å². The summed E-state index contributed by atoms with van der Waals surface area (Å²) >= 11 is 0. The smallest absolute Gasteiger partial charge is 0.311 e. The minimum atomic E-state index is -4.28. The molecule has 0 spiro atoms. The first-order valence-electron chi connectivity index (χ1n) is 5.21. The van der Waals surface area contributed by atoms with Gasteiger partial charge in [-0.1, -0.05) is 0 Å². The zero-order chi connectivity index (χ0) is 14.6. The molecule has 0 aliphatic heterocycles. The Morgan fingerprint density at radius 1 is 1.42 bits per heavy atom. The molecule has 0 unspecified atom stereocenters. The van der Waals surface area contributed by atoms with E-state index in [4.69, 9.17) is 14.4 Å². The van der Waals surface area contributed by atoms with Crippen LogP contribution in [0.5, 0.6) is 5.75 Å². The van der Waals surface area contributed by atoms with Crippen LogP contribution < -0.4 is 4.74 Å². The number of aliphatic hydroxyl groups excluding tert-OH is 1. The van der Waals surface area contributed by atoms with Gasteiger partial charge in [-0.05, 0) is 24.1 Å². The SMILES string of the molecule is Cc1cc(OCCO)c([N+](=O)[O-])cc1CS(=O)(=O)O. The molecule has 0 fully saturated rings. The lowest BCUT2D eigenvalue weighted by atomic mass is 10.1. The van der Waals surface area contributed by atoms with E-state index in [0.717, 1.165) is 6.07 Å². The molecule has 0 saturated heterocycles. The molecular formula is C10H13NO7S. The van der Waals surface area contributed by atoms with Crippen molar-refractivity contribution in [3.05, 3.63) is 33.4 Å². The number of nitro benzene ring substituents is 1. The molecule has 0 atom stereocenters. The largest absolute Gasteiger partial charge is 0.484 e. The summed E-state index contributed by atoms with van der Waals surface area (Å²) in [4.78, 5) is 10.1. The third-order valence-electron chi connectivity index (χ3n) is 2.30. The molecule has 8 nitrogen and oxygen atoms in total. The van der Waals surface area contributed by atoms with Gasteiger partial charge < -0.3 is 9.84 Å². The van der Waals surface area contributed by atoms with Gasteiger partial charge in [0.1, 0.15) is 12.4 Å². The molecule has 0 aromatic heterocycles. The number of hydrogen-bond acceptors (Lipinski definition) is 6. The molecule has 0 heterocycles. The van der Waals surface area contributed by atoms with Crippen molar-refractivity contribution in [2.45, 2.75) is 12.7 Å². The average molecular weight is 291 g/mol. The molecule has 0 saturated carbocycles. The molecule has 0 aliphatic rings. The van der Waals surface area contributed by atoms with Crippen molar-refractivity contribution < 1.29 is 27.7 Å². The maximum atomic E-state index is 10.9. The van der Waals surface area contributed by atoms with Crippen LogP contribution in [0.25, 0.3) is 0 Å². The van der Waals surface area contributed by atoms with Crippen molar-refractivity contribution in [1.29, 1.82) is 0 Å². The van der Waals surface area contributed by atoms with E-state index in [-0.39, 0.29) is 24.5 Å². The normalized spacial score (nSPS) is 11.3. The molecule has 1 aromatic rings. The van der Waals surface area contributed by atoms with E-state index in [9.17, 15) is 18.5 Å². The van der Waals surface area contributed by atoms with Crippen molar-refractivity contribution in [2.24, 2.45) is 0 Å². The fraction of sp³-hybridized carbons (Fsp3) is 0.400. The van der Waals surface area contributed by atoms with E-state index >= 15 is 0 Å². The first kappa shape index (κ1) is 15.3. The van der Waals surface area contributed by atoms with Crippen molar-refractivity contribution in [3.8, 4) is 5.75 Å². The summed E-state index contributed by atoms with van der Waals surface area (Å²) in [5, 5.41) is 19.5. The highest BCUT2D eigenvalue weighted by atomic mass is 32.2. The second kappa shape index (κ2) is 5.95. The molecule has 0 amide bonds. The minimum Gasteiger partial charge on any atom is -0.484 e. The van der Waals surface area contributed by atoms with Crippen LogP contribution in [-0.2, 0) is 15.9 Å². The predicted octanol–water partition coefficient (Wildman–Crippen LogP) is 0.662. The maximum absolute atomic E-state index is 10.9. The van der Waals surface area contributed by atoms with Gasteiger partial charge in [0.25, 0.3) is 10.1 Å². The van der Waals surface area contributed by atoms with Gasteiger partial charge in [0, 0.05) is 6.07 Å². The lowest BCUT2D eigenvalue weighted by molar-refractivity contribution is -0.385. The van der Waals surface area contributed by atoms with Crippen LogP contribution in [-0.4, -0.2) is 36.2 Å². The fourth-order valence-electron chi connectivity index (χ4n) is 1.48. The maximum Gasteiger partial charge on any atom is 0.311 e. The molecule has 9 heteroatoms. The Balaban J connectivity index is 3.24. The van der Waals surface area contributed by atoms with Gasteiger partial charge in [0.05, 0.1) is 11.5 Å². The monoisotopic (exact) mass is 291 g/mol. The number of ether oxygens (including phenoxy) is 1. The van der Waals surface area contributed by atoms with Gasteiger partial charge in [-0.3, -0.25) is 14.7 Å². The molecule has 19 heavy (non-hydrogen) atoms. The highest BCUT2D eigenvalue weighted by molar-refractivity contribution is 7.85. The Morgan fingerprint density at radius 2 is 2.05 bits per heavy atom. The van der Waals surface area contributed by atoms with Gasteiger partial charge in [0.15, 0.2) is 5.75 Å². The van der Waals surface area contributed by atoms with E-state index in [0.29, 0.717) is 5.56 Å². The number of nitro groups is 1. The quantitative estimate of drug-likeness (QED) is 0.447. The van der Waals surface area contributed by atoms with Crippen LogP contribution in [0, 0.1) is 17.0 Å². The lowest BCUT2D eigenvalue weighted by Gasteiger charge is -2.09. The summed E-state index contributed by atoms with van der Waals surface area (Å²) in [5.74, 6) is -0.768. The predicted molar refractivity (Wildman–Crippen MR) is 65.7 cm³/mol. The van der Waals surface area contributed by atoms with E-state index in [1.807, 2.05) is 0 Å². The number of hydrogen-bond donors (Lipinski definition) is 2. The Bertz CT molecular complexity index is 582. The standard InChI is InChI=1S/C10H13NO7S/c1-7-4-10(18-3-2-12)9(11(13)14)5-8(7)6-19(15,16)17/h4-5,12H,2-3,6H2,1H3,(H,15,16,17). The van der Waals surface area contributed by atoms with Gasteiger partial charge in [-0.2, -0.15) is 8.42 Å². The van der Waals surface area contributed by atoms with Crippen LogP contribution in [0.2, 0.25) is 0 Å². The second-order valence-corrected chi connectivity index (χ2v) is 5.25. The Kier molecular flexibility index (Phi) is 4.81. The van der Waals surface area contributed by atoms with Crippen LogP contribution in [0.3, 0.4) is 0 Å². The Morgan fingerprint density at radius 3 is 2.53 bits per heavy atom. The second-order valence-electron chi connectivity index (χ2n) is 3.80. The number of aryl methyl sites for hydroxylation is 1. The number of aliphatic hydroxyl groups is 1. The zero-order valence-corrected chi connectivity index (χ0v) is 10.9. The molecule has 0 aliphatic carbocycles. The van der Waals surface area contributed by atoms with Crippen molar-refractivity contribution in [2.75, 3.05) is 13.2 Å². The van der Waals surface area contributed by atoms with Gasteiger partial charge in [-0.25, -0.2) is 0 Å². The summed E-state index contributed by atoms with van der Waals surface area (Å²) in [6.45, 7) is 1.12. The highest BCUT2D eigenvalue weighted by Gasteiger charge is 2.20. The fourth-order valence-corrected chi connectivity index (χ4v) is 2.18. The molecule has 0 bridgehead atoms. The third-order valence-corrected chi connectivity index (χ3v) is 2.98. The summed E-state index contributed by atoms with van der Waals surface area (Å²) in [6.07, 6.45) is 0. The van der Waals surface area contributed by atoms with Gasteiger partial charge >= 0.3 is 5.69 Å². The van der Waals surface area contributed by atoms with E-state index in [1.165, 1.54) is 13.0 Å². The molecule has 106 valence electrons. The summed E-state index contributed by atoms with van der Waals surface area (Å²) in [7, 11) is -4.28. The Labute approximate surface area is 109 Å². The van der Waals surface area contributed by atoms with Gasteiger partial charge in [0.2, 0.25) is 0 Å². The van der Waals surface area contributed by atoms with E-state index in [1.54, 1.807) is 0 Å². The van der Waals surface area contributed by atoms with Crippen molar-refractivity contribution in [1.82, 2.24) is 0 Å². The average Bonchev–Trinajstić information content (AvgIpc) is 2.27. The molecule has 1 rings (SSSR count). The zero-order valence-electron chi connectivity index (χ0n) is 10.1. The molecular weight excluding hydrogens is 278 g/mol. The highest BCUT2D eigenvalue weighted by Crippen LogP contribution is 2.31. The van der Waals surface area contributed by atoms with Crippen LogP contribution >= 0.6 is 0 Å². The lowest BCUT2D eigenvalue weighted by Crippen LogP contribution is -2.07. The van der Waals surface area contributed by atoms with Gasteiger partial charge in [-0.15, -0.1) is 0 Å². The summed E-state index contributed by atoms with van der Waals surface area (Å²) in [6, 6.07) is 2.34.